The van der Waals surface area contributed by atoms with Crippen LogP contribution in [0.5, 0.6) is 5.75 Å². The van der Waals surface area contributed by atoms with Crippen LogP contribution in [0, 0.1) is 0 Å². The highest BCUT2D eigenvalue weighted by Gasteiger charge is 2.23. The topological polar surface area (TPSA) is 81.1 Å². The second kappa shape index (κ2) is 9.59. The van der Waals surface area contributed by atoms with Crippen LogP contribution in [0.4, 0.5) is 5.95 Å². The average Bonchev–Trinajstić information content (AvgIpc) is 3.02. The Morgan fingerprint density at radius 3 is 2.66 bits per heavy atom. The number of anilines is 1. The largest absolute Gasteiger partial charge is 0.481 e. The fourth-order valence-corrected chi connectivity index (χ4v) is 3.27. The van der Waals surface area contributed by atoms with Crippen LogP contribution in [0.25, 0.3) is 0 Å². The Bertz CT molecular complexity index is 825. The van der Waals surface area contributed by atoms with Crippen molar-refractivity contribution in [2.75, 3.05) is 18.4 Å². The van der Waals surface area contributed by atoms with Gasteiger partial charge in [-0.25, -0.2) is 4.68 Å². The van der Waals surface area contributed by atoms with E-state index >= 15 is 0 Å². The molecule has 1 unspecified atom stereocenters. The quantitative estimate of drug-likeness (QED) is 0.773. The lowest BCUT2D eigenvalue weighted by Crippen LogP contribution is -2.31. The van der Waals surface area contributed by atoms with Gasteiger partial charge in [0.2, 0.25) is 5.95 Å². The number of rotatable bonds is 5. The maximum atomic E-state index is 12.6. The number of ether oxygens (including phenoxy) is 1. The number of halogens is 1. The molecule has 2 N–H and O–H groups in total. The summed E-state index contributed by atoms with van der Waals surface area (Å²) in [7, 11) is 1.80. The van der Waals surface area contributed by atoms with Gasteiger partial charge < -0.3 is 10.1 Å². The third-order valence-corrected chi connectivity index (χ3v) is 5.10. The zero-order chi connectivity index (χ0) is 20.3. The Labute approximate surface area is 179 Å². The second-order valence-corrected chi connectivity index (χ2v) is 8.47. The summed E-state index contributed by atoms with van der Waals surface area (Å²) in [5.74, 6) is 2.03. The standard InChI is InChI=1S/C21H31N5O2.ClH/c1-14(28-17-8-6-7-16(13-17)21(2,3)4)19(27)24-20-23-18(25-26(20)5)15-9-11-22-12-10-15;/h6-8,13-15,22H,9-12H2,1-5H3,(H,23,24,25,27);1H. The van der Waals surface area contributed by atoms with Gasteiger partial charge >= 0.3 is 0 Å². The zero-order valence-corrected chi connectivity index (χ0v) is 18.7. The van der Waals surface area contributed by atoms with Gasteiger partial charge in [0.1, 0.15) is 5.75 Å². The molecule has 29 heavy (non-hydrogen) atoms. The molecular weight excluding hydrogens is 390 g/mol. The fraction of sp³-hybridized carbons (Fsp3) is 0.571. The van der Waals surface area contributed by atoms with Crippen molar-refractivity contribution in [3.8, 4) is 5.75 Å². The number of benzene rings is 1. The first-order valence-electron chi connectivity index (χ1n) is 9.94. The minimum absolute atomic E-state index is 0. The van der Waals surface area contributed by atoms with E-state index in [2.05, 4.69) is 47.6 Å². The van der Waals surface area contributed by atoms with Crippen LogP contribution in [0.1, 0.15) is 57.8 Å². The summed E-state index contributed by atoms with van der Waals surface area (Å²) < 4.78 is 7.50. The Hall–Kier alpha value is -2.12. The minimum atomic E-state index is -0.644. The maximum Gasteiger partial charge on any atom is 0.267 e. The monoisotopic (exact) mass is 421 g/mol. The second-order valence-electron chi connectivity index (χ2n) is 8.47. The molecule has 1 aliphatic rings. The SMILES string of the molecule is CC(Oc1cccc(C(C)(C)C)c1)C(=O)Nc1nc(C2CCNCC2)nn1C.Cl. The molecule has 0 bridgehead atoms. The number of hydrogen-bond donors (Lipinski definition) is 2. The van der Waals surface area contributed by atoms with Gasteiger partial charge in [0.25, 0.3) is 5.91 Å². The molecule has 1 saturated heterocycles. The number of nitrogens with zero attached hydrogens (tertiary/aromatic N) is 3. The van der Waals surface area contributed by atoms with E-state index in [1.807, 2.05) is 18.2 Å². The third kappa shape index (κ3) is 5.93. The lowest BCUT2D eigenvalue weighted by atomic mass is 9.87. The molecule has 1 fully saturated rings. The van der Waals surface area contributed by atoms with Crippen molar-refractivity contribution in [1.29, 1.82) is 0 Å². The summed E-state index contributed by atoms with van der Waals surface area (Å²) in [5, 5.41) is 10.7. The first-order valence-corrected chi connectivity index (χ1v) is 9.94. The van der Waals surface area contributed by atoms with E-state index in [1.54, 1.807) is 18.7 Å². The number of piperidine rings is 1. The summed E-state index contributed by atoms with van der Waals surface area (Å²) in [6.07, 6.45) is 1.39. The van der Waals surface area contributed by atoms with Gasteiger partial charge in [0, 0.05) is 13.0 Å². The van der Waals surface area contributed by atoms with Crippen LogP contribution in [0.2, 0.25) is 0 Å². The molecule has 1 aliphatic heterocycles. The molecule has 1 aromatic carbocycles. The molecule has 0 saturated carbocycles. The van der Waals surface area contributed by atoms with Crippen LogP contribution >= 0.6 is 12.4 Å². The van der Waals surface area contributed by atoms with Crippen molar-refractivity contribution in [2.45, 2.75) is 58.0 Å². The summed E-state index contributed by atoms with van der Waals surface area (Å²) in [6.45, 7) is 10.1. The number of carbonyl (C=O) groups is 1. The lowest BCUT2D eigenvalue weighted by Gasteiger charge is -2.21. The molecule has 7 nitrogen and oxygen atoms in total. The van der Waals surface area contributed by atoms with Crippen molar-refractivity contribution in [3.63, 3.8) is 0 Å². The lowest BCUT2D eigenvalue weighted by molar-refractivity contribution is -0.122. The fourth-order valence-electron chi connectivity index (χ4n) is 3.27. The highest BCUT2D eigenvalue weighted by Crippen LogP contribution is 2.26. The molecule has 8 heteroatoms. The van der Waals surface area contributed by atoms with Crippen molar-refractivity contribution in [3.05, 3.63) is 35.7 Å². The molecule has 2 heterocycles. The number of aromatic nitrogens is 3. The van der Waals surface area contributed by atoms with Crippen LogP contribution in [0.3, 0.4) is 0 Å². The van der Waals surface area contributed by atoms with Crippen molar-refractivity contribution >= 4 is 24.3 Å². The molecule has 160 valence electrons. The zero-order valence-electron chi connectivity index (χ0n) is 17.9. The van der Waals surface area contributed by atoms with Crippen LogP contribution in [-0.2, 0) is 17.3 Å². The molecular formula is C21H32ClN5O2. The van der Waals surface area contributed by atoms with Crippen molar-refractivity contribution < 1.29 is 9.53 Å². The molecule has 0 spiro atoms. The normalized spacial score (nSPS) is 16.0. The third-order valence-electron chi connectivity index (χ3n) is 5.10. The first kappa shape index (κ1) is 23.2. The summed E-state index contributed by atoms with van der Waals surface area (Å²) >= 11 is 0. The molecule has 3 rings (SSSR count). The summed E-state index contributed by atoms with van der Waals surface area (Å²) in [6, 6.07) is 7.88. The van der Waals surface area contributed by atoms with E-state index in [9.17, 15) is 4.79 Å². The number of amides is 1. The molecule has 1 aromatic heterocycles. The molecule has 1 atom stereocenters. The number of carbonyl (C=O) groups excluding carboxylic acids is 1. The van der Waals surface area contributed by atoms with Gasteiger partial charge in [-0.05, 0) is 56.0 Å². The van der Waals surface area contributed by atoms with E-state index < -0.39 is 6.10 Å². The van der Waals surface area contributed by atoms with Gasteiger partial charge in [-0.3, -0.25) is 10.1 Å². The molecule has 1 amide bonds. The average molecular weight is 422 g/mol. The van der Waals surface area contributed by atoms with Crippen molar-refractivity contribution in [2.24, 2.45) is 7.05 Å². The maximum absolute atomic E-state index is 12.6. The predicted octanol–water partition coefficient (Wildman–Crippen LogP) is 3.41. The van der Waals surface area contributed by atoms with Gasteiger partial charge in [-0.15, -0.1) is 12.4 Å². The van der Waals surface area contributed by atoms with Gasteiger partial charge in [0.15, 0.2) is 11.9 Å². The Morgan fingerprint density at radius 2 is 2.00 bits per heavy atom. The number of hydrogen-bond acceptors (Lipinski definition) is 5. The van der Waals surface area contributed by atoms with Crippen LogP contribution in [-0.4, -0.2) is 39.9 Å². The van der Waals surface area contributed by atoms with E-state index in [-0.39, 0.29) is 23.7 Å². The van der Waals surface area contributed by atoms with E-state index in [4.69, 9.17) is 4.74 Å². The highest BCUT2D eigenvalue weighted by molar-refractivity contribution is 5.92. The Kier molecular flexibility index (Phi) is 7.66. The predicted molar refractivity (Wildman–Crippen MR) is 117 cm³/mol. The van der Waals surface area contributed by atoms with Gasteiger partial charge in [-0.1, -0.05) is 32.9 Å². The van der Waals surface area contributed by atoms with Crippen molar-refractivity contribution in [1.82, 2.24) is 20.1 Å². The number of aryl methyl sites for hydroxylation is 1. The summed E-state index contributed by atoms with van der Waals surface area (Å²) in [4.78, 5) is 17.2. The Morgan fingerprint density at radius 1 is 1.31 bits per heavy atom. The molecule has 0 radical (unpaired) electrons. The van der Waals surface area contributed by atoms with Crippen LogP contribution in [0.15, 0.2) is 24.3 Å². The van der Waals surface area contributed by atoms with E-state index in [1.165, 1.54) is 0 Å². The first-order chi connectivity index (χ1) is 13.2. The smallest absolute Gasteiger partial charge is 0.267 e. The molecule has 0 aliphatic carbocycles. The Balaban J connectivity index is 0.00000300. The highest BCUT2D eigenvalue weighted by atomic mass is 35.5. The number of nitrogens with one attached hydrogen (secondary N) is 2. The molecule has 2 aromatic rings. The minimum Gasteiger partial charge on any atom is -0.481 e. The van der Waals surface area contributed by atoms with E-state index in [0.29, 0.717) is 17.6 Å². The van der Waals surface area contributed by atoms with Gasteiger partial charge in [0.05, 0.1) is 0 Å². The van der Waals surface area contributed by atoms with E-state index in [0.717, 1.165) is 37.3 Å². The van der Waals surface area contributed by atoms with Gasteiger partial charge in [-0.2, -0.15) is 10.1 Å². The summed E-state index contributed by atoms with van der Waals surface area (Å²) in [5.41, 5.74) is 1.19. The van der Waals surface area contributed by atoms with Crippen LogP contribution < -0.4 is 15.4 Å².